The van der Waals surface area contributed by atoms with Gasteiger partial charge in [-0.2, -0.15) is 0 Å². The van der Waals surface area contributed by atoms with Gasteiger partial charge in [-0.15, -0.1) is 0 Å². The molecule has 2 N–H and O–H groups in total. The third kappa shape index (κ3) is 4.77. The highest BCUT2D eigenvalue weighted by molar-refractivity contribution is 6.42. The number of halogens is 2. The van der Waals surface area contributed by atoms with Gasteiger partial charge in [-0.05, 0) is 43.5 Å². The van der Waals surface area contributed by atoms with Gasteiger partial charge in [0.1, 0.15) is 0 Å². The second kappa shape index (κ2) is 8.00. The second-order valence-corrected chi connectivity index (χ2v) is 5.25. The van der Waals surface area contributed by atoms with Crippen LogP contribution in [-0.4, -0.2) is 17.8 Å². The van der Waals surface area contributed by atoms with E-state index in [4.69, 9.17) is 23.2 Å². The van der Waals surface area contributed by atoms with E-state index in [0.29, 0.717) is 10.0 Å². The lowest BCUT2D eigenvalue weighted by Crippen LogP contribution is -2.24. The lowest BCUT2D eigenvalue weighted by molar-refractivity contribution is 0.158. The summed E-state index contributed by atoms with van der Waals surface area (Å²) in [5, 5.41) is 14.1. The summed E-state index contributed by atoms with van der Waals surface area (Å²) in [4.78, 5) is 0. The average molecular weight is 290 g/mol. The molecule has 0 radical (unpaired) electrons. The first-order chi connectivity index (χ1) is 8.58. The standard InChI is InChI=1S/C14H21Cl2NO/c1-3-11(18)7-8-17-14(4-2)10-5-6-12(15)13(16)9-10/h5-6,9,11,14,17-18H,3-4,7-8H2,1-2H3. The molecule has 0 heterocycles. The molecule has 0 aliphatic heterocycles. The van der Waals surface area contributed by atoms with Crippen LogP contribution in [0.4, 0.5) is 0 Å². The van der Waals surface area contributed by atoms with Gasteiger partial charge in [-0.3, -0.25) is 0 Å². The Labute approximate surface area is 119 Å². The number of rotatable bonds is 7. The number of hydrogen-bond acceptors (Lipinski definition) is 2. The van der Waals surface area contributed by atoms with E-state index in [0.717, 1.165) is 31.4 Å². The molecule has 0 saturated heterocycles. The van der Waals surface area contributed by atoms with Crippen molar-refractivity contribution in [2.75, 3.05) is 6.54 Å². The first-order valence-corrected chi connectivity index (χ1v) is 7.20. The van der Waals surface area contributed by atoms with Crippen LogP contribution in [0.3, 0.4) is 0 Å². The van der Waals surface area contributed by atoms with Gasteiger partial charge in [-0.25, -0.2) is 0 Å². The normalized spacial score (nSPS) is 14.5. The zero-order valence-corrected chi connectivity index (χ0v) is 12.4. The molecule has 0 amide bonds. The van der Waals surface area contributed by atoms with E-state index in [1.54, 1.807) is 0 Å². The predicted octanol–water partition coefficient (Wildman–Crippen LogP) is 4.20. The number of nitrogens with one attached hydrogen (secondary N) is 1. The summed E-state index contributed by atoms with van der Waals surface area (Å²) in [6, 6.07) is 5.97. The van der Waals surface area contributed by atoms with Gasteiger partial charge < -0.3 is 10.4 Å². The average Bonchev–Trinajstić information content (AvgIpc) is 2.38. The zero-order chi connectivity index (χ0) is 13.5. The van der Waals surface area contributed by atoms with Crippen LogP contribution in [0.25, 0.3) is 0 Å². The highest BCUT2D eigenvalue weighted by atomic mass is 35.5. The summed E-state index contributed by atoms with van der Waals surface area (Å²) >= 11 is 11.9. The van der Waals surface area contributed by atoms with E-state index in [1.807, 2.05) is 25.1 Å². The topological polar surface area (TPSA) is 32.3 Å². The number of aliphatic hydroxyl groups excluding tert-OH is 1. The van der Waals surface area contributed by atoms with Crippen LogP contribution in [0.5, 0.6) is 0 Å². The fourth-order valence-electron chi connectivity index (χ4n) is 1.86. The molecule has 0 fully saturated rings. The van der Waals surface area contributed by atoms with Crippen molar-refractivity contribution >= 4 is 23.2 Å². The molecule has 0 bridgehead atoms. The Morgan fingerprint density at radius 2 is 1.89 bits per heavy atom. The van der Waals surface area contributed by atoms with Crippen LogP contribution < -0.4 is 5.32 Å². The van der Waals surface area contributed by atoms with E-state index in [9.17, 15) is 5.11 Å². The minimum absolute atomic E-state index is 0.219. The molecule has 0 aromatic heterocycles. The first-order valence-electron chi connectivity index (χ1n) is 6.44. The van der Waals surface area contributed by atoms with E-state index in [2.05, 4.69) is 12.2 Å². The van der Waals surface area contributed by atoms with Gasteiger partial charge in [0.25, 0.3) is 0 Å². The van der Waals surface area contributed by atoms with Crippen molar-refractivity contribution in [3.8, 4) is 0 Å². The van der Waals surface area contributed by atoms with Crippen molar-refractivity contribution in [2.45, 2.75) is 45.3 Å². The Balaban J connectivity index is 2.57. The molecular formula is C14H21Cl2NO. The number of aliphatic hydroxyl groups is 1. The van der Waals surface area contributed by atoms with Crippen molar-refractivity contribution in [1.82, 2.24) is 5.32 Å². The maximum absolute atomic E-state index is 9.52. The molecule has 2 nitrogen and oxygen atoms in total. The molecule has 1 aromatic carbocycles. The fraction of sp³-hybridized carbons (Fsp3) is 0.571. The molecule has 4 heteroatoms. The highest BCUT2D eigenvalue weighted by Crippen LogP contribution is 2.26. The molecule has 1 aromatic rings. The fourth-order valence-corrected chi connectivity index (χ4v) is 2.16. The molecular weight excluding hydrogens is 269 g/mol. The van der Waals surface area contributed by atoms with Gasteiger partial charge in [0.15, 0.2) is 0 Å². The Morgan fingerprint density at radius 3 is 2.44 bits per heavy atom. The Hall–Kier alpha value is -0.280. The largest absolute Gasteiger partial charge is 0.393 e. The van der Waals surface area contributed by atoms with Crippen LogP contribution in [0, 0.1) is 0 Å². The van der Waals surface area contributed by atoms with E-state index >= 15 is 0 Å². The van der Waals surface area contributed by atoms with Gasteiger partial charge in [0, 0.05) is 6.04 Å². The molecule has 18 heavy (non-hydrogen) atoms. The first kappa shape index (κ1) is 15.8. The minimum atomic E-state index is -0.219. The molecule has 1 rings (SSSR count). The number of hydrogen-bond donors (Lipinski definition) is 2. The van der Waals surface area contributed by atoms with Crippen LogP contribution in [0.1, 0.15) is 44.7 Å². The monoisotopic (exact) mass is 289 g/mol. The summed E-state index contributed by atoms with van der Waals surface area (Å²) in [5.41, 5.74) is 1.14. The van der Waals surface area contributed by atoms with Gasteiger partial charge >= 0.3 is 0 Å². The van der Waals surface area contributed by atoms with Crippen LogP contribution in [0.15, 0.2) is 18.2 Å². The SMILES string of the molecule is CCC(O)CCNC(CC)c1ccc(Cl)c(Cl)c1. The Bertz CT molecular complexity index is 371. The third-order valence-corrected chi connectivity index (χ3v) is 3.83. The summed E-state index contributed by atoms with van der Waals surface area (Å²) in [5.74, 6) is 0. The van der Waals surface area contributed by atoms with Gasteiger partial charge in [-0.1, -0.05) is 43.1 Å². The highest BCUT2D eigenvalue weighted by Gasteiger charge is 2.11. The van der Waals surface area contributed by atoms with Gasteiger partial charge in [0.05, 0.1) is 16.1 Å². The molecule has 0 spiro atoms. The van der Waals surface area contributed by atoms with Crippen molar-refractivity contribution < 1.29 is 5.11 Å². The lowest BCUT2D eigenvalue weighted by Gasteiger charge is -2.19. The molecule has 0 saturated carbocycles. The molecule has 0 aliphatic carbocycles. The maximum Gasteiger partial charge on any atom is 0.0595 e. The lowest BCUT2D eigenvalue weighted by atomic mass is 10.0. The zero-order valence-electron chi connectivity index (χ0n) is 10.9. The Morgan fingerprint density at radius 1 is 1.17 bits per heavy atom. The quantitative estimate of drug-likeness (QED) is 0.789. The second-order valence-electron chi connectivity index (χ2n) is 4.44. The molecule has 2 unspecified atom stereocenters. The summed E-state index contributed by atoms with van der Waals surface area (Å²) < 4.78 is 0. The number of benzene rings is 1. The van der Waals surface area contributed by atoms with Crippen LogP contribution in [0.2, 0.25) is 10.0 Å². The van der Waals surface area contributed by atoms with Crippen molar-refractivity contribution in [3.63, 3.8) is 0 Å². The molecule has 2 atom stereocenters. The van der Waals surface area contributed by atoms with Crippen LogP contribution >= 0.6 is 23.2 Å². The van der Waals surface area contributed by atoms with E-state index in [1.165, 1.54) is 0 Å². The molecule has 102 valence electrons. The van der Waals surface area contributed by atoms with Crippen molar-refractivity contribution in [3.05, 3.63) is 33.8 Å². The smallest absolute Gasteiger partial charge is 0.0595 e. The van der Waals surface area contributed by atoms with E-state index < -0.39 is 0 Å². The maximum atomic E-state index is 9.52. The summed E-state index contributed by atoms with van der Waals surface area (Å²) in [6.45, 7) is 4.91. The van der Waals surface area contributed by atoms with Crippen molar-refractivity contribution in [2.24, 2.45) is 0 Å². The summed E-state index contributed by atoms with van der Waals surface area (Å²) in [7, 11) is 0. The Kier molecular flexibility index (Phi) is 7.02. The van der Waals surface area contributed by atoms with Crippen LogP contribution in [-0.2, 0) is 0 Å². The third-order valence-electron chi connectivity index (χ3n) is 3.09. The van der Waals surface area contributed by atoms with Crippen molar-refractivity contribution in [1.29, 1.82) is 0 Å². The van der Waals surface area contributed by atoms with E-state index in [-0.39, 0.29) is 12.1 Å². The van der Waals surface area contributed by atoms with Gasteiger partial charge in [0.2, 0.25) is 0 Å². The minimum Gasteiger partial charge on any atom is -0.393 e. The predicted molar refractivity (Wildman–Crippen MR) is 78.4 cm³/mol. The summed E-state index contributed by atoms with van der Waals surface area (Å²) in [6.07, 6.45) is 2.32. The molecule has 0 aliphatic rings.